The van der Waals surface area contributed by atoms with Gasteiger partial charge in [0.15, 0.2) is 0 Å². The third-order valence-corrected chi connectivity index (χ3v) is 5.84. The van der Waals surface area contributed by atoms with Crippen molar-refractivity contribution in [2.24, 2.45) is 0 Å². The van der Waals surface area contributed by atoms with Gasteiger partial charge in [0.2, 0.25) is 11.8 Å². The molecular formula is C30H38N2O9. The van der Waals surface area contributed by atoms with Crippen LogP contribution in [0, 0.1) is 0 Å². The number of hydrogen-bond donors (Lipinski definition) is 2. The number of rotatable bonds is 17. The van der Waals surface area contributed by atoms with Crippen LogP contribution in [0.25, 0.3) is 0 Å². The summed E-state index contributed by atoms with van der Waals surface area (Å²) >= 11 is 0. The lowest BCUT2D eigenvalue weighted by molar-refractivity contribution is -0.166. The number of hydrogen-bond acceptors (Lipinski definition) is 9. The van der Waals surface area contributed by atoms with Crippen LogP contribution in [0.5, 0.6) is 5.75 Å². The zero-order valence-electron chi connectivity index (χ0n) is 23.7. The van der Waals surface area contributed by atoms with E-state index in [1.807, 2.05) is 30.3 Å². The summed E-state index contributed by atoms with van der Waals surface area (Å²) in [6, 6.07) is 15.4. The Bertz CT molecular complexity index is 1120. The van der Waals surface area contributed by atoms with E-state index in [1.54, 1.807) is 26.0 Å². The Morgan fingerprint density at radius 2 is 1.44 bits per heavy atom. The molecule has 11 nitrogen and oxygen atoms in total. The third-order valence-electron chi connectivity index (χ3n) is 5.84. The van der Waals surface area contributed by atoms with E-state index in [-0.39, 0.29) is 44.1 Å². The number of amides is 2. The predicted octanol–water partition coefficient (Wildman–Crippen LogP) is 2.29. The highest BCUT2D eigenvalue weighted by Gasteiger charge is 2.32. The topological polar surface area (TPSA) is 146 Å². The molecule has 0 spiro atoms. The van der Waals surface area contributed by atoms with Gasteiger partial charge in [-0.25, -0.2) is 9.59 Å². The maximum atomic E-state index is 13.0. The standard InChI is InChI=1S/C30H38N2O9/c1-4-39-29(36)27(30(37)40-5-2)41-23-15-13-22(14-16-23)20-24(32-25(33)17-18-26(34)38-3)28(35)31-19-9-12-21-10-7-6-8-11-21/h6-8,10-11,13-16,24,27H,4-5,9,12,17-20H2,1-3H3,(H,31,35)(H,32,33)/t24-/m0/s1. The van der Waals surface area contributed by atoms with Crippen LogP contribution in [0.4, 0.5) is 0 Å². The minimum absolute atomic E-state index is 0.0676. The Balaban J connectivity index is 2.06. The van der Waals surface area contributed by atoms with Crippen LogP contribution in [-0.2, 0) is 51.0 Å². The average molecular weight is 571 g/mol. The number of aryl methyl sites for hydroxylation is 1. The summed E-state index contributed by atoms with van der Waals surface area (Å²) in [5, 5.41) is 5.56. The molecule has 222 valence electrons. The molecule has 0 fully saturated rings. The van der Waals surface area contributed by atoms with Crippen LogP contribution in [0.3, 0.4) is 0 Å². The van der Waals surface area contributed by atoms with Crippen LogP contribution in [0.2, 0.25) is 0 Å². The maximum absolute atomic E-state index is 13.0. The smallest absolute Gasteiger partial charge is 0.359 e. The number of nitrogens with one attached hydrogen (secondary N) is 2. The van der Waals surface area contributed by atoms with Crippen molar-refractivity contribution >= 4 is 29.7 Å². The van der Waals surface area contributed by atoms with Crippen molar-refractivity contribution in [2.75, 3.05) is 26.9 Å². The average Bonchev–Trinajstić information content (AvgIpc) is 2.97. The summed E-state index contributed by atoms with van der Waals surface area (Å²) in [6.07, 6.45) is -0.162. The second kappa shape index (κ2) is 18.0. The number of ether oxygens (including phenoxy) is 4. The number of carbonyl (C=O) groups excluding carboxylic acids is 5. The lowest BCUT2D eigenvalue weighted by atomic mass is 10.0. The number of methoxy groups -OCH3 is 1. The largest absolute Gasteiger partial charge is 0.469 e. The molecule has 2 rings (SSSR count). The van der Waals surface area contributed by atoms with Crippen molar-refractivity contribution in [1.82, 2.24) is 10.6 Å². The van der Waals surface area contributed by atoms with Gasteiger partial charge in [-0.2, -0.15) is 0 Å². The minimum atomic E-state index is -1.58. The molecule has 0 radical (unpaired) electrons. The summed E-state index contributed by atoms with van der Waals surface area (Å²) in [5.41, 5.74) is 1.84. The molecule has 0 bridgehead atoms. The molecule has 2 amide bonds. The van der Waals surface area contributed by atoms with E-state index in [9.17, 15) is 24.0 Å². The Morgan fingerprint density at radius 3 is 2.02 bits per heavy atom. The van der Waals surface area contributed by atoms with Crippen molar-refractivity contribution in [3.8, 4) is 5.75 Å². The molecule has 2 N–H and O–H groups in total. The quantitative estimate of drug-likeness (QED) is 0.127. The number of esters is 3. The number of benzene rings is 2. The third kappa shape index (κ3) is 12.1. The Labute approximate surface area is 239 Å². The van der Waals surface area contributed by atoms with Gasteiger partial charge in [0, 0.05) is 19.4 Å². The summed E-state index contributed by atoms with van der Waals surface area (Å²) < 4.78 is 19.9. The maximum Gasteiger partial charge on any atom is 0.359 e. The van der Waals surface area contributed by atoms with E-state index in [0.29, 0.717) is 18.5 Å². The molecule has 0 aliphatic rings. The van der Waals surface area contributed by atoms with E-state index in [1.165, 1.54) is 19.2 Å². The van der Waals surface area contributed by atoms with Crippen LogP contribution in [-0.4, -0.2) is 68.7 Å². The minimum Gasteiger partial charge on any atom is -0.469 e. The van der Waals surface area contributed by atoms with Crippen LogP contribution >= 0.6 is 0 Å². The van der Waals surface area contributed by atoms with Crippen molar-refractivity contribution in [3.05, 3.63) is 65.7 Å². The van der Waals surface area contributed by atoms with E-state index >= 15 is 0 Å². The predicted molar refractivity (Wildman–Crippen MR) is 149 cm³/mol. The number of carbonyl (C=O) groups is 5. The van der Waals surface area contributed by atoms with E-state index in [4.69, 9.17) is 14.2 Å². The molecule has 11 heteroatoms. The molecule has 0 aliphatic heterocycles. The molecule has 2 aromatic carbocycles. The van der Waals surface area contributed by atoms with Gasteiger partial charge < -0.3 is 29.6 Å². The fourth-order valence-corrected chi connectivity index (χ4v) is 3.77. The highest BCUT2D eigenvalue weighted by molar-refractivity contribution is 5.98. The molecule has 41 heavy (non-hydrogen) atoms. The van der Waals surface area contributed by atoms with Crippen LogP contribution in [0.15, 0.2) is 54.6 Å². The summed E-state index contributed by atoms with van der Waals surface area (Å²) in [4.78, 5) is 61.3. The first kappa shape index (κ1) is 32.8. The van der Waals surface area contributed by atoms with Crippen molar-refractivity contribution in [3.63, 3.8) is 0 Å². The van der Waals surface area contributed by atoms with E-state index in [2.05, 4.69) is 15.4 Å². The monoisotopic (exact) mass is 570 g/mol. The lowest BCUT2D eigenvalue weighted by Crippen LogP contribution is -2.48. The Morgan fingerprint density at radius 1 is 0.805 bits per heavy atom. The summed E-state index contributed by atoms with van der Waals surface area (Å²) in [6.45, 7) is 3.77. The molecule has 2 aromatic rings. The molecular weight excluding hydrogens is 532 g/mol. The van der Waals surface area contributed by atoms with E-state index in [0.717, 1.165) is 12.0 Å². The first-order valence-electron chi connectivity index (χ1n) is 13.5. The lowest BCUT2D eigenvalue weighted by Gasteiger charge is -2.19. The zero-order valence-corrected chi connectivity index (χ0v) is 23.7. The molecule has 0 heterocycles. The highest BCUT2D eigenvalue weighted by atomic mass is 16.6. The highest BCUT2D eigenvalue weighted by Crippen LogP contribution is 2.17. The van der Waals surface area contributed by atoms with Gasteiger partial charge in [-0.05, 0) is 49.9 Å². The van der Waals surface area contributed by atoms with E-state index < -0.39 is 36.0 Å². The fraction of sp³-hybridized carbons (Fsp3) is 0.433. The second-order valence-electron chi connectivity index (χ2n) is 8.93. The molecule has 0 unspecified atom stereocenters. The zero-order chi connectivity index (χ0) is 30.0. The van der Waals surface area contributed by atoms with Gasteiger partial charge in [-0.3, -0.25) is 14.4 Å². The summed E-state index contributed by atoms with van der Waals surface area (Å²) in [7, 11) is 1.24. The normalized spacial score (nSPS) is 11.2. The van der Waals surface area contributed by atoms with Gasteiger partial charge in [-0.1, -0.05) is 42.5 Å². The molecule has 0 aliphatic carbocycles. The van der Waals surface area contributed by atoms with Crippen LogP contribution < -0.4 is 15.4 Å². The van der Waals surface area contributed by atoms with Crippen molar-refractivity contribution in [2.45, 2.75) is 58.1 Å². The van der Waals surface area contributed by atoms with Gasteiger partial charge >= 0.3 is 17.9 Å². The molecule has 1 atom stereocenters. The van der Waals surface area contributed by atoms with Gasteiger partial charge in [0.05, 0.1) is 26.7 Å². The van der Waals surface area contributed by atoms with Gasteiger partial charge in [0.1, 0.15) is 11.8 Å². The fourth-order valence-electron chi connectivity index (χ4n) is 3.77. The van der Waals surface area contributed by atoms with Gasteiger partial charge in [0.25, 0.3) is 6.10 Å². The first-order valence-corrected chi connectivity index (χ1v) is 13.5. The molecule has 0 saturated carbocycles. The Kier molecular flexibility index (Phi) is 14.4. The van der Waals surface area contributed by atoms with Crippen molar-refractivity contribution < 1.29 is 42.9 Å². The first-order chi connectivity index (χ1) is 19.8. The van der Waals surface area contributed by atoms with Gasteiger partial charge in [-0.15, -0.1) is 0 Å². The SMILES string of the molecule is CCOC(=O)C(Oc1ccc(C[C@H](NC(=O)CCC(=O)OC)C(=O)NCCCc2ccccc2)cc1)C(=O)OCC. The van der Waals surface area contributed by atoms with Crippen LogP contribution in [0.1, 0.15) is 44.2 Å². The summed E-state index contributed by atoms with van der Waals surface area (Å²) in [5.74, 6) is -2.88. The van der Waals surface area contributed by atoms with Crippen molar-refractivity contribution in [1.29, 1.82) is 0 Å². The molecule has 0 saturated heterocycles. The second-order valence-corrected chi connectivity index (χ2v) is 8.93. The Hall–Kier alpha value is -4.41. The molecule has 0 aromatic heterocycles.